The second-order valence-electron chi connectivity index (χ2n) is 5.75. The molecule has 1 aliphatic rings. The Bertz CT molecular complexity index is 714. The van der Waals surface area contributed by atoms with Crippen molar-refractivity contribution in [1.29, 1.82) is 0 Å². The lowest BCUT2D eigenvalue weighted by atomic mass is 10.1. The smallest absolute Gasteiger partial charge is 0.251 e. The number of rotatable bonds is 7. The molecule has 0 spiro atoms. The summed E-state index contributed by atoms with van der Waals surface area (Å²) in [5.74, 6) is 1.57. The van der Waals surface area contributed by atoms with Gasteiger partial charge >= 0.3 is 0 Å². The fraction of sp³-hybridized carbons (Fsp3) is 0.316. The molecule has 0 heterocycles. The van der Waals surface area contributed by atoms with Crippen molar-refractivity contribution in [2.45, 2.75) is 36.5 Å². The van der Waals surface area contributed by atoms with Gasteiger partial charge in [-0.2, -0.15) is 0 Å². The Morgan fingerprint density at radius 3 is 2.67 bits per heavy atom. The number of hydrogen-bond acceptors (Lipinski definition) is 3. The van der Waals surface area contributed by atoms with Gasteiger partial charge in [-0.25, -0.2) is 0 Å². The molecular formula is C19H20ClNO2S. The van der Waals surface area contributed by atoms with E-state index in [2.05, 4.69) is 5.32 Å². The lowest BCUT2D eigenvalue weighted by Gasteiger charge is -2.12. The molecule has 1 fully saturated rings. The van der Waals surface area contributed by atoms with Crippen LogP contribution in [0, 0.1) is 0 Å². The SMILES string of the molecule is CCOc1ccc(C(=O)NC2CC2)cc1CSc1ccc(Cl)cc1. The fourth-order valence-corrected chi connectivity index (χ4v) is 3.32. The van der Waals surface area contributed by atoms with Crippen LogP contribution in [0.4, 0.5) is 0 Å². The number of carbonyl (C=O) groups is 1. The minimum Gasteiger partial charge on any atom is -0.494 e. The predicted molar refractivity (Wildman–Crippen MR) is 99.1 cm³/mol. The molecule has 0 radical (unpaired) electrons. The number of thioether (sulfide) groups is 1. The van der Waals surface area contributed by atoms with Gasteiger partial charge in [0.15, 0.2) is 0 Å². The molecule has 1 aliphatic carbocycles. The maximum absolute atomic E-state index is 12.3. The van der Waals surface area contributed by atoms with E-state index in [4.69, 9.17) is 16.3 Å². The molecule has 2 aromatic carbocycles. The van der Waals surface area contributed by atoms with Gasteiger partial charge in [-0.15, -0.1) is 11.8 Å². The molecular weight excluding hydrogens is 342 g/mol. The van der Waals surface area contributed by atoms with Gasteiger partial charge in [0.05, 0.1) is 6.61 Å². The van der Waals surface area contributed by atoms with Gasteiger partial charge in [-0.1, -0.05) is 11.6 Å². The number of nitrogens with one attached hydrogen (secondary N) is 1. The highest BCUT2D eigenvalue weighted by Crippen LogP contribution is 2.30. The Morgan fingerprint density at radius 1 is 1.25 bits per heavy atom. The van der Waals surface area contributed by atoms with E-state index in [1.165, 1.54) is 0 Å². The molecule has 3 rings (SSSR count). The van der Waals surface area contributed by atoms with E-state index in [1.807, 2.05) is 49.4 Å². The Kier molecular flexibility index (Phi) is 5.69. The first-order chi connectivity index (χ1) is 11.7. The molecule has 24 heavy (non-hydrogen) atoms. The van der Waals surface area contributed by atoms with Crippen LogP contribution in [-0.4, -0.2) is 18.6 Å². The van der Waals surface area contributed by atoms with Crippen molar-refractivity contribution >= 4 is 29.3 Å². The number of halogens is 1. The molecule has 0 atom stereocenters. The Hall–Kier alpha value is -1.65. The van der Waals surface area contributed by atoms with Crippen molar-refractivity contribution in [3.8, 4) is 5.75 Å². The lowest BCUT2D eigenvalue weighted by molar-refractivity contribution is 0.0951. The lowest BCUT2D eigenvalue weighted by Crippen LogP contribution is -2.25. The van der Waals surface area contributed by atoms with E-state index >= 15 is 0 Å². The molecule has 0 aromatic heterocycles. The van der Waals surface area contributed by atoms with Crippen molar-refractivity contribution < 1.29 is 9.53 Å². The van der Waals surface area contributed by atoms with Gasteiger partial charge in [0.1, 0.15) is 5.75 Å². The van der Waals surface area contributed by atoms with Crippen LogP contribution in [0.15, 0.2) is 47.4 Å². The maximum atomic E-state index is 12.3. The second-order valence-corrected chi connectivity index (χ2v) is 7.23. The van der Waals surface area contributed by atoms with Crippen LogP contribution >= 0.6 is 23.4 Å². The maximum Gasteiger partial charge on any atom is 0.251 e. The number of benzene rings is 2. The third-order valence-corrected chi connectivity index (χ3v) is 5.06. The largest absolute Gasteiger partial charge is 0.494 e. The summed E-state index contributed by atoms with van der Waals surface area (Å²) in [7, 11) is 0. The monoisotopic (exact) mass is 361 g/mol. The van der Waals surface area contributed by atoms with Crippen molar-refractivity contribution in [3.05, 3.63) is 58.6 Å². The normalized spacial score (nSPS) is 13.6. The third-order valence-electron chi connectivity index (χ3n) is 3.74. The highest BCUT2D eigenvalue weighted by atomic mass is 35.5. The zero-order chi connectivity index (χ0) is 16.9. The summed E-state index contributed by atoms with van der Waals surface area (Å²) >= 11 is 7.62. The minimum atomic E-state index is -0.00158. The van der Waals surface area contributed by atoms with Crippen molar-refractivity contribution in [1.82, 2.24) is 5.32 Å². The van der Waals surface area contributed by atoms with Crippen LogP contribution in [0.3, 0.4) is 0 Å². The van der Waals surface area contributed by atoms with E-state index in [9.17, 15) is 4.79 Å². The van der Waals surface area contributed by atoms with Crippen LogP contribution in [0.25, 0.3) is 0 Å². The Morgan fingerprint density at radius 2 is 2.00 bits per heavy atom. The summed E-state index contributed by atoms with van der Waals surface area (Å²) in [5, 5.41) is 3.76. The molecule has 0 bridgehead atoms. The molecule has 1 saturated carbocycles. The molecule has 1 N–H and O–H groups in total. The minimum absolute atomic E-state index is 0.00158. The van der Waals surface area contributed by atoms with Crippen LogP contribution < -0.4 is 10.1 Å². The molecule has 0 aliphatic heterocycles. The fourth-order valence-electron chi connectivity index (χ4n) is 2.32. The average Bonchev–Trinajstić information content (AvgIpc) is 3.39. The van der Waals surface area contributed by atoms with Gasteiger partial charge in [-0.05, 0) is 62.2 Å². The number of hydrogen-bond donors (Lipinski definition) is 1. The van der Waals surface area contributed by atoms with Gasteiger partial charge < -0.3 is 10.1 Å². The zero-order valence-corrected chi connectivity index (χ0v) is 15.1. The van der Waals surface area contributed by atoms with E-state index in [1.54, 1.807) is 11.8 Å². The quantitative estimate of drug-likeness (QED) is 0.711. The van der Waals surface area contributed by atoms with Crippen molar-refractivity contribution in [2.75, 3.05) is 6.61 Å². The first kappa shape index (κ1) is 17.2. The van der Waals surface area contributed by atoms with Crippen LogP contribution in [0.1, 0.15) is 35.7 Å². The van der Waals surface area contributed by atoms with Gasteiger partial charge in [0.25, 0.3) is 5.91 Å². The zero-order valence-electron chi connectivity index (χ0n) is 13.5. The van der Waals surface area contributed by atoms with Gasteiger partial charge in [-0.3, -0.25) is 4.79 Å². The highest BCUT2D eigenvalue weighted by Gasteiger charge is 2.24. The Labute approximate surface area is 151 Å². The summed E-state index contributed by atoms with van der Waals surface area (Å²) in [6, 6.07) is 13.8. The second kappa shape index (κ2) is 7.95. The summed E-state index contributed by atoms with van der Waals surface area (Å²) in [4.78, 5) is 13.4. The number of amides is 1. The van der Waals surface area contributed by atoms with Crippen LogP contribution in [0.2, 0.25) is 5.02 Å². The first-order valence-corrected chi connectivity index (χ1v) is 9.47. The molecule has 5 heteroatoms. The highest BCUT2D eigenvalue weighted by molar-refractivity contribution is 7.98. The first-order valence-electron chi connectivity index (χ1n) is 8.10. The van der Waals surface area contributed by atoms with Crippen LogP contribution in [-0.2, 0) is 5.75 Å². The summed E-state index contributed by atoms with van der Waals surface area (Å²) in [6.45, 7) is 2.57. The van der Waals surface area contributed by atoms with Crippen molar-refractivity contribution in [3.63, 3.8) is 0 Å². The summed E-state index contributed by atoms with van der Waals surface area (Å²) in [5.41, 5.74) is 1.72. The van der Waals surface area contributed by atoms with Gasteiger partial charge in [0.2, 0.25) is 0 Å². The molecule has 126 valence electrons. The Balaban J connectivity index is 1.74. The van der Waals surface area contributed by atoms with E-state index < -0.39 is 0 Å². The van der Waals surface area contributed by atoms with Crippen molar-refractivity contribution in [2.24, 2.45) is 0 Å². The molecule has 3 nitrogen and oxygen atoms in total. The molecule has 0 unspecified atom stereocenters. The van der Waals surface area contributed by atoms with Gasteiger partial charge in [0, 0.05) is 32.8 Å². The average molecular weight is 362 g/mol. The van der Waals surface area contributed by atoms with Crippen LogP contribution in [0.5, 0.6) is 5.75 Å². The summed E-state index contributed by atoms with van der Waals surface area (Å²) in [6.07, 6.45) is 2.17. The van der Waals surface area contributed by atoms with E-state index in [0.29, 0.717) is 18.2 Å². The molecule has 1 amide bonds. The number of carbonyl (C=O) groups excluding carboxylic acids is 1. The summed E-state index contributed by atoms with van der Waals surface area (Å²) < 4.78 is 5.71. The topological polar surface area (TPSA) is 38.3 Å². The predicted octanol–water partition coefficient (Wildman–Crippen LogP) is 4.92. The number of ether oxygens (including phenoxy) is 1. The third kappa shape index (κ3) is 4.68. The molecule has 2 aromatic rings. The van der Waals surface area contributed by atoms with E-state index in [-0.39, 0.29) is 5.91 Å². The molecule has 0 saturated heterocycles. The standard InChI is InChI=1S/C19H20ClNO2S/c1-2-23-18-10-3-13(19(22)21-16-6-7-16)11-14(18)12-24-17-8-4-15(20)5-9-17/h3-5,8-11,16H,2,6-7,12H2,1H3,(H,21,22). The van der Waals surface area contributed by atoms with E-state index in [0.717, 1.165) is 39.8 Å².